The van der Waals surface area contributed by atoms with E-state index in [1.54, 1.807) is 31.2 Å². The third-order valence-electron chi connectivity index (χ3n) is 4.66. The van der Waals surface area contributed by atoms with Gasteiger partial charge in [0.05, 0.1) is 4.90 Å². The molecular formula is C23H22F2N2O3S. The largest absolute Gasteiger partial charge is 0.352 e. The molecule has 3 rings (SSSR count). The summed E-state index contributed by atoms with van der Waals surface area (Å²) in [6.45, 7) is 3.69. The first-order chi connectivity index (χ1) is 14.6. The van der Waals surface area contributed by atoms with Crippen LogP contribution in [0, 0.1) is 25.5 Å². The zero-order chi connectivity index (χ0) is 22.6. The average molecular weight is 445 g/mol. The van der Waals surface area contributed by atoms with E-state index in [0.29, 0.717) is 16.8 Å². The van der Waals surface area contributed by atoms with E-state index < -0.39 is 27.6 Å². The van der Waals surface area contributed by atoms with E-state index in [4.69, 9.17) is 0 Å². The molecule has 0 spiro atoms. The zero-order valence-corrected chi connectivity index (χ0v) is 17.9. The van der Waals surface area contributed by atoms with Crippen molar-refractivity contribution in [1.29, 1.82) is 0 Å². The Morgan fingerprint density at radius 3 is 2.32 bits per heavy atom. The molecular weight excluding hydrogens is 422 g/mol. The minimum atomic E-state index is -3.89. The summed E-state index contributed by atoms with van der Waals surface area (Å²) in [6, 6.07) is 14.4. The van der Waals surface area contributed by atoms with E-state index >= 15 is 0 Å². The molecule has 3 aromatic rings. The molecule has 0 aliphatic carbocycles. The summed E-state index contributed by atoms with van der Waals surface area (Å²) in [5.41, 5.74) is 2.55. The fourth-order valence-corrected chi connectivity index (χ4v) is 4.18. The number of hydrogen-bond donors (Lipinski definition) is 2. The summed E-state index contributed by atoms with van der Waals surface area (Å²) >= 11 is 0. The molecule has 5 nitrogen and oxygen atoms in total. The molecule has 1 amide bonds. The summed E-state index contributed by atoms with van der Waals surface area (Å²) in [5.74, 6) is -1.84. The number of benzene rings is 3. The summed E-state index contributed by atoms with van der Waals surface area (Å²) in [5, 5.41) is 2.66. The predicted molar refractivity (Wildman–Crippen MR) is 116 cm³/mol. The van der Waals surface area contributed by atoms with Crippen LogP contribution in [-0.4, -0.2) is 20.9 Å². The Morgan fingerprint density at radius 2 is 1.65 bits per heavy atom. The van der Waals surface area contributed by atoms with Gasteiger partial charge in [-0.2, -0.15) is 0 Å². The van der Waals surface area contributed by atoms with Crippen molar-refractivity contribution in [2.24, 2.45) is 0 Å². The minimum absolute atomic E-state index is 0.0445. The molecule has 0 unspecified atom stereocenters. The van der Waals surface area contributed by atoms with E-state index in [1.165, 1.54) is 24.3 Å². The molecule has 0 saturated heterocycles. The topological polar surface area (TPSA) is 75.3 Å². The Balaban J connectivity index is 1.72. The van der Waals surface area contributed by atoms with Crippen LogP contribution < -0.4 is 10.0 Å². The third kappa shape index (κ3) is 5.88. The van der Waals surface area contributed by atoms with Crippen LogP contribution in [0.4, 0.5) is 14.5 Å². The van der Waals surface area contributed by atoms with Crippen molar-refractivity contribution in [3.8, 4) is 0 Å². The molecule has 0 aliphatic rings. The lowest BCUT2D eigenvalue weighted by atomic mass is 10.1. The first kappa shape index (κ1) is 22.4. The summed E-state index contributed by atoms with van der Waals surface area (Å²) in [7, 11) is -3.89. The Kier molecular flexibility index (Phi) is 6.70. The Hall–Kier alpha value is -3.26. The molecule has 0 fully saturated rings. The van der Waals surface area contributed by atoms with Crippen LogP contribution in [0.3, 0.4) is 0 Å². The highest BCUT2D eigenvalue weighted by molar-refractivity contribution is 7.92. The second-order valence-electron chi connectivity index (χ2n) is 7.24. The number of aryl methyl sites for hydroxylation is 2. The molecule has 0 bridgehead atoms. The van der Waals surface area contributed by atoms with Crippen LogP contribution in [0.1, 0.15) is 27.0 Å². The number of nitrogens with one attached hydrogen (secondary N) is 2. The van der Waals surface area contributed by atoms with Gasteiger partial charge in [0.15, 0.2) is 0 Å². The van der Waals surface area contributed by atoms with Crippen LogP contribution in [0.5, 0.6) is 0 Å². The number of hydrogen-bond acceptors (Lipinski definition) is 3. The van der Waals surface area contributed by atoms with Gasteiger partial charge in [0.1, 0.15) is 11.6 Å². The first-order valence-corrected chi connectivity index (χ1v) is 11.1. The van der Waals surface area contributed by atoms with Crippen molar-refractivity contribution in [1.82, 2.24) is 5.32 Å². The highest BCUT2D eigenvalue weighted by atomic mass is 32.2. The zero-order valence-electron chi connectivity index (χ0n) is 17.1. The SMILES string of the molecule is Cc1cccc(NS(=O)(=O)c2ccc(C)c(C(=O)NCCc3cc(F)cc(F)c3)c2)c1. The van der Waals surface area contributed by atoms with Gasteiger partial charge >= 0.3 is 0 Å². The van der Waals surface area contributed by atoms with Gasteiger partial charge in [0.2, 0.25) is 0 Å². The molecule has 0 radical (unpaired) electrons. The standard InChI is InChI=1S/C23H22F2N2O3S/c1-15-4-3-5-20(10-15)27-31(29,30)21-7-6-16(2)22(14-21)23(28)26-9-8-17-11-18(24)13-19(25)12-17/h3-7,10-14,27H,8-9H2,1-2H3,(H,26,28). The fraction of sp³-hybridized carbons (Fsp3) is 0.174. The molecule has 8 heteroatoms. The van der Waals surface area contributed by atoms with Crippen LogP contribution in [-0.2, 0) is 16.4 Å². The molecule has 0 aliphatic heterocycles. The van der Waals surface area contributed by atoms with Crippen molar-refractivity contribution in [3.05, 3.63) is 94.6 Å². The second kappa shape index (κ2) is 9.26. The van der Waals surface area contributed by atoms with Crippen molar-refractivity contribution < 1.29 is 22.0 Å². The lowest BCUT2D eigenvalue weighted by Gasteiger charge is -2.12. The smallest absolute Gasteiger partial charge is 0.261 e. The van der Waals surface area contributed by atoms with Gasteiger partial charge in [-0.25, -0.2) is 17.2 Å². The number of sulfonamides is 1. The predicted octanol–water partition coefficient (Wildman–Crippen LogP) is 4.35. The second-order valence-corrected chi connectivity index (χ2v) is 8.92. The lowest BCUT2D eigenvalue weighted by molar-refractivity contribution is 0.0953. The van der Waals surface area contributed by atoms with E-state index in [9.17, 15) is 22.0 Å². The molecule has 0 atom stereocenters. The van der Waals surface area contributed by atoms with Gasteiger partial charge in [-0.15, -0.1) is 0 Å². The number of halogens is 2. The molecule has 0 heterocycles. The van der Waals surface area contributed by atoms with Gasteiger partial charge in [-0.05, 0) is 73.4 Å². The fourth-order valence-electron chi connectivity index (χ4n) is 3.11. The lowest BCUT2D eigenvalue weighted by Crippen LogP contribution is -2.27. The Labute approximate surface area is 180 Å². The van der Waals surface area contributed by atoms with Crippen LogP contribution in [0.25, 0.3) is 0 Å². The maximum Gasteiger partial charge on any atom is 0.261 e. The highest BCUT2D eigenvalue weighted by Gasteiger charge is 2.18. The highest BCUT2D eigenvalue weighted by Crippen LogP contribution is 2.20. The van der Waals surface area contributed by atoms with Crippen LogP contribution in [0.2, 0.25) is 0 Å². The van der Waals surface area contributed by atoms with Gasteiger partial charge < -0.3 is 5.32 Å². The number of carbonyl (C=O) groups excluding carboxylic acids is 1. The minimum Gasteiger partial charge on any atom is -0.352 e. The molecule has 162 valence electrons. The van der Waals surface area contributed by atoms with E-state index in [0.717, 1.165) is 11.6 Å². The average Bonchev–Trinajstić information content (AvgIpc) is 2.67. The van der Waals surface area contributed by atoms with Gasteiger partial charge in [-0.3, -0.25) is 9.52 Å². The number of anilines is 1. The van der Waals surface area contributed by atoms with Crippen molar-refractivity contribution in [2.45, 2.75) is 25.2 Å². The van der Waals surface area contributed by atoms with Crippen molar-refractivity contribution in [3.63, 3.8) is 0 Å². The maximum absolute atomic E-state index is 13.3. The third-order valence-corrected chi connectivity index (χ3v) is 6.03. The quantitative estimate of drug-likeness (QED) is 0.569. The summed E-state index contributed by atoms with van der Waals surface area (Å²) in [6.07, 6.45) is 0.229. The van der Waals surface area contributed by atoms with E-state index in [2.05, 4.69) is 10.0 Å². The number of carbonyl (C=O) groups is 1. The maximum atomic E-state index is 13.3. The van der Waals surface area contributed by atoms with Crippen molar-refractivity contribution in [2.75, 3.05) is 11.3 Å². The summed E-state index contributed by atoms with van der Waals surface area (Å²) < 4.78 is 54.6. The summed E-state index contributed by atoms with van der Waals surface area (Å²) in [4.78, 5) is 12.6. The molecule has 2 N–H and O–H groups in total. The molecule has 0 saturated carbocycles. The van der Waals surface area contributed by atoms with Crippen LogP contribution in [0.15, 0.2) is 65.6 Å². The van der Waals surface area contributed by atoms with Crippen molar-refractivity contribution >= 4 is 21.6 Å². The number of amides is 1. The monoisotopic (exact) mass is 444 g/mol. The van der Waals surface area contributed by atoms with Gasteiger partial charge in [-0.1, -0.05) is 18.2 Å². The van der Waals surface area contributed by atoms with Gasteiger partial charge in [0, 0.05) is 23.9 Å². The molecule has 3 aromatic carbocycles. The Bertz CT molecular complexity index is 1210. The van der Waals surface area contributed by atoms with E-state index in [-0.39, 0.29) is 23.4 Å². The van der Waals surface area contributed by atoms with Crippen LogP contribution >= 0.6 is 0 Å². The number of rotatable bonds is 7. The first-order valence-electron chi connectivity index (χ1n) is 9.57. The van der Waals surface area contributed by atoms with E-state index in [1.807, 2.05) is 13.0 Å². The molecule has 31 heavy (non-hydrogen) atoms. The van der Waals surface area contributed by atoms with Gasteiger partial charge in [0.25, 0.3) is 15.9 Å². The Morgan fingerprint density at radius 1 is 0.935 bits per heavy atom. The molecule has 0 aromatic heterocycles. The normalized spacial score (nSPS) is 11.2.